The number of alkyl halides is 1. The zero-order valence-electron chi connectivity index (χ0n) is 7.09. The molecule has 0 unspecified atom stereocenters. The lowest BCUT2D eigenvalue weighted by Crippen LogP contribution is -1.96. The van der Waals surface area contributed by atoms with E-state index in [4.69, 9.17) is 0 Å². The van der Waals surface area contributed by atoms with Crippen molar-refractivity contribution in [1.82, 2.24) is 0 Å². The number of ketones is 1. The number of carbonyl (C=O) groups excluding carboxylic acids is 1. The maximum absolute atomic E-state index is 12.1. The van der Waals surface area contributed by atoms with Gasteiger partial charge in [-0.15, -0.1) is 11.3 Å². The fourth-order valence-electron chi connectivity index (χ4n) is 1.23. The molecule has 0 atom stereocenters. The number of benzene rings is 1. The molecule has 0 bridgehead atoms. The molecule has 0 radical (unpaired) electrons. The highest BCUT2D eigenvalue weighted by molar-refractivity contribution is 9.10. The van der Waals surface area contributed by atoms with E-state index in [0.717, 1.165) is 14.6 Å². The second kappa shape index (κ2) is 3.79. The van der Waals surface area contributed by atoms with Crippen LogP contribution in [-0.4, -0.2) is 12.5 Å². The van der Waals surface area contributed by atoms with E-state index in [1.165, 1.54) is 11.3 Å². The van der Waals surface area contributed by atoms with Crippen molar-refractivity contribution >= 4 is 43.1 Å². The van der Waals surface area contributed by atoms with Crippen LogP contribution in [0.15, 0.2) is 28.7 Å². The summed E-state index contributed by atoms with van der Waals surface area (Å²) in [6.45, 7) is -0.926. The van der Waals surface area contributed by atoms with E-state index in [9.17, 15) is 9.18 Å². The summed E-state index contributed by atoms with van der Waals surface area (Å²) in [7, 11) is 0. The molecule has 0 aliphatic carbocycles. The Labute approximate surface area is 92.7 Å². The lowest BCUT2D eigenvalue weighted by Gasteiger charge is -1.89. The Kier molecular flexibility index (Phi) is 2.65. The van der Waals surface area contributed by atoms with Crippen molar-refractivity contribution in [3.05, 3.63) is 33.6 Å². The largest absolute Gasteiger partial charge is 0.290 e. The molecule has 0 N–H and O–H groups in total. The minimum atomic E-state index is -0.926. The lowest BCUT2D eigenvalue weighted by molar-refractivity contribution is 0.0963. The van der Waals surface area contributed by atoms with E-state index in [1.54, 1.807) is 6.07 Å². The number of thiophene rings is 1. The summed E-state index contributed by atoms with van der Waals surface area (Å²) in [4.78, 5) is 11.6. The van der Waals surface area contributed by atoms with Gasteiger partial charge in [0.25, 0.3) is 0 Å². The first-order chi connectivity index (χ1) is 6.72. The predicted octanol–water partition coefficient (Wildman–Crippen LogP) is 3.82. The van der Waals surface area contributed by atoms with Crippen molar-refractivity contribution in [3.8, 4) is 0 Å². The summed E-state index contributed by atoms with van der Waals surface area (Å²) in [6, 6.07) is 7.44. The van der Waals surface area contributed by atoms with Crippen LogP contribution in [0, 0.1) is 0 Å². The van der Waals surface area contributed by atoms with Crippen LogP contribution in [0.5, 0.6) is 0 Å². The first-order valence-electron chi connectivity index (χ1n) is 3.99. The second-order valence-electron chi connectivity index (χ2n) is 2.82. The highest BCUT2D eigenvalue weighted by atomic mass is 79.9. The number of Topliss-reactive ketones (excluding diaryl/α,β-unsaturated/α-hetero) is 1. The van der Waals surface area contributed by atoms with E-state index in [-0.39, 0.29) is 0 Å². The zero-order valence-corrected chi connectivity index (χ0v) is 9.49. The molecule has 1 aromatic carbocycles. The molecule has 2 rings (SSSR count). The summed E-state index contributed by atoms with van der Waals surface area (Å²) in [5.41, 5.74) is 0. The van der Waals surface area contributed by atoms with Gasteiger partial charge in [0.05, 0.1) is 4.88 Å². The molecule has 0 aliphatic heterocycles. The first-order valence-corrected chi connectivity index (χ1v) is 5.60. The SMILES string of the molecule is O=C(CF)c1cc2c(Br)cccc2s1. The van der Waals surface area contributed by atoms with Gasteiger partial charge < -0.3 is 0 Å². The number of fused-ring (bicyclic) bond motifs is 1. The molecule has 2 aromatic rings. The van der Waals surface area contributed by atoms with Gasteiger partial charge in [-0.05, 0) is 18.2 Å². The van der Waals surface area contributed by atoms with Gasteiger partial charge in [-0.3, -0.25) is 4.79 Å². The van der Waals surface area contributed by atoms with Gasteiger partial charge in [0, 0.05) is 14.6 Å². The third-order valence-electron chi connectivity index (χ3n) is 1.90. The highest BCUT2D eigenvalue weighted by Crippen LogP contribution is 2.31. The molecular weight excluding hydrogens is 267 g/mol. The first kappa shape index (κ1) is 9.80. The second-order valence-corrected chi connectivity index (χ2v) is 4.76. The quantitative estimate of drug-likeness (QED) is 0.760. The fourth-order valence-corrected chi connectivity index (χ4v) is 2.85. The molecular formula is C10H6BrFOS. The van der Waals surface area contributed by atoms with Crippen molar-refractivity contribution in [2.24, 2.45) is 0 Å². The minimum Gasteiger partial charge on any atom is -0.290 e. The van der Waals surface area contributed by atoms with Crippen LogP contribution in [0.25, 0.3) is 10.1 Å². The van der Waals surface area contributed by atoms with Crippen LogP contribution in [-0.2, 0) is 0 Å². The van der Waals surface area contributed by atoms with Gasteiger partial charge in [-0.1, -0.05) is 22.0 Å². The molecule has 0 fully saturated rings. The standard InChI is InChI=1S/C10H6BrFOS/c11-7-2-1-3-9-6(7)4-10(14-9)8(13)5-12/h1-4H,5H2. The van der Waals surface area contributed by atoms with Gasteiger partial charge in [-0.2, -0.15) is 0 Å². The smallest absolute Gasteiger partial charge is 0.203 e. The number of hydrogen-bond donors (Lipinski definition) is 0. The third-order valence-corrected chi connectivity index (χ3v) is 3.74. The van der Waals surface area contributed by atoms with Crippen molar-refractivity contribution < 1.29 is 9.18 Å². The summed E-state index contributed by atoms with van der Waals surface area (Å²) in [6.07, 6.45) is 0. The Morgan fingerprint density at radius 1 is 1.50 bits per heavy atom. The summed E-state index contributed by atoms with van der Waals surface area (Å²) in [5, 5.41) is 0.967. The van der Waals surface area contributed by atoms with Crippen LogP contribution in [0.4, 0.5) is 4.39 Å². The van der Waals surface area contributed by atoms with Crippen LogP contribution < -0.4 is 0 Å². The summed E-state index contributed by atoms with van der Waals surface area (Å²) >= 11 is 4.71. The van der Waals surface area contributed by atoms with Gasteiger partial charge in [0.1, 0.15) is 0 Å². The molecule has 0 amide bonds. The van der Waals surface area contributed by atoms with E-state index >= 15 is 0 Å². The van der Waals surface area contributed by atoms with E-state index < -0.39 is 12.5 Å². The Balaban J connectivity index is 2.62. The molecule has 1 aromatic heterocycles. The molecule has 0 saturated carbocycles. The van der Waals surface area contributed by atoms with Crippen LogP contribution >= 0.6 is 27.3 Å². The normalized spacial score (nSPS) is 10.7. The molecule has 72 valence electrons. The zero-order chi connectivity index (χ0) is 10.1. The van der Waals surface area contributed by atoms with Crippen molar-refractivity contribution in [1.29, 1.82) is 0 Å². The van der Waals surface area contributed by atoms with Gasteiger partial charge >= 0.3 is 0 Å². The minimum absolute atomic E-state index is 0.446. The van der Waals surface area contributed by atoms with Crippen molar-refractivity contribution in [3.63, 3.8) is 0 Å². The monoisotopic (exact) mass is 272 g/mol. The van der Waals surface area contributed by atoms with Gasteiger partial charge in [0.2, 0.25) is 5.78 Å². The molecule has 0 saturated heterocycles. The van der Waals surface area contributed by atoms with E-state index in [1.807, 2.05) is 18.2 Å². The molecule has 4 heteroatoms. The van der Waals surface area contributed by atoms with Crippen LogP contribution in [0.2, 0.25) is 0 Å². The lowest BCUT2D eigenvalue weighted by atomic mass is 10.2. The number of halogens is 2. The Hall–Kier alpha value is -0.740. The summed E-state index contributed by atoms with van der Waals surface area (Å²) in [5.74, 6) is -0.446. The van der Waals surface area contributed by atoms with Crippen molar-refractivity contribution in [2.45, 2.75) is 0 Å². The number of carbonyl (C=O) groups is 1. The molecule has 0 aliphatic rings. The average Bonchev–Trinajstić information content (AvgIpc) is 2.62. The van der Waals surface area contributed by atoms with Gasteiger partial charge in [-0.25, -0.2) is 4.39 Å². The predicted molar refractivity (Wildman–Crippen MR) is 59.8 cm³/mol. The van der Waals surface area contributed by atoms with E-state index in [0.29, 0.717) is 4.88 Å². The topological polar surface area (TPSA) is 17.1 Å². The average molecular weight is 273 g/mol. The number of hydrogen-bond acceptors (Lipinski definition) is 2. The maximum atomic E-state index is 12.1. The van der Waals surface area contributed by atoms with Crippen molar-refractivity contribution in [2.75, 3.05) is 6.67 Å². The molecule has 1 heterocycles. The van der Waals surface area contributed by atoms with Crippen LogP contribution in [0.1, 0.15) is 9.67 Å². The fraction of sp³-hybridized carbons (Fsp3) is 0.100. The Morgan fingerprint density at radius 3 is 2.93 bits per heavy atom. The van der Waals surface area contributed by atoms with E-state index in [2.05, 4.69) is 15.9 Å². The molecule has 1 nitrogen and oxygen atoms in total. The molecule has 14 heavy (non-hydrogen) atoms. The van der Waals surface area contributed by atoms with Crippen LogP contribution in [0.3, 0.4) is 0 Å². The molecule has 0 spiro atoms. The third kappa shape index (κ3) is 1.60. The Morgan fingerprint density at radius 2 is 2.29 bits per heavy atom. The maximum Gasteiger partial charge on any atom is 0.203 e. The Bertz CT molecular complexity index is 492. The highest BCUT2D eigenvalue weighted by Gasteiger charge is 2.10. The van der Waals surface area contributed by atoms with Gasteiger partial charge in [0.15, 0.2) is 6.67 Å². The summed E-state index contributed by atoms with van der Waals surface area (Å²) < 4.78 is 14.1. The number of rotatable bonds is 2.